The second-order valence-electron chi connectivity index (χ2n) is 7.51. The van der Waals surface area contributed by atoms with Crippen LogP contribution in [0.2, 0.25) is 0 Å². The van der Waals surface area contributed by atoms with Crippen LogP contribution in [0, 0.1) is 19.8 Å². The first-order valence-electron chi connectivity index (χ1n) is 9.40. The molecule has 1 aromatic carbocycles. The summed E-state index contributed by atoms with van der Waals surface area (Å²) >= 11 is 0. The van der Waals surface area contributed by atoms with Crippen molar-refractivity contribution < 1.29 is 14.7 Å². The first-order chi connectivity index (χ1) is 13.3. The van der Waals surface area contributed by atoms with E-state index in [-0.39, 0.29) is 11.8 Å². The molecule has 0 spiro atoms. The second-order valence-corrected chi connectivity index (χ2v) is 7.51. The lowest BCUT2D eigenvalue weighted by Crippen LogP contribution is -2.46. The minimum absolute atomic E-state index is 0.172. The van der Waals surface area contributed by atoms with Crippen molar-refractivity contribution in [2.75, 3.05) is 17.6 Å². The molecule has 2 aromatic rings. The van der Waals surface area contributed by atoms with Crippen LogP contribution in [0.4, 0.5) is 11.5 Å². The van der Waals surface area contributed by atoms with E-state index in [4.69, 9.17) is 5.73 Å². The van der Waals surface area contributed by atoms with Crippen molar-refractivity contribution in [1.29, 1.82) is 0 Å². The Morgan fingerprint density at radius 1 is 1.18 bits per heavy atom. The van der Waals surface area contributed by atoms with Gasteiger partial charge in [-0.05, 0) is 61.4 Å². The number of phenols is 1. The molecule has 2 heterocycles. The van der Waals surface area contributed by atoms with E-state index in [9.17, 15) is 14.7 Å². The summed E-state index contributed by atoms with van der Waals surface area (Å²) < 4.78 is 0. The molecule has 1 unspecified atom stereocenters. The fourth-order valence-corrected chi connectivity index (χ4v) is 3.57. The zero-order valence-electron chi connectivity index (χ0n) is 16.4. The maximum absolute atomic E-state index is 13.0. The number of carbonyl (C=O) groups excluding carboxylic acids is 2. The van der Waals surface area contributed by atoms with Gasteiger partial charge in [0.25, 0.3) is 0 Å². The van der Waals surface area contributed by atoms with Gasteiger partial charge in [0.1, 0.15) is 11.6 Å². The van der Waals surface area contributed by atoms with Gasteiger partial charge in [-0.15, -0.1) is 0 Å². The van der Waals surface area contributed by atoms with Crippen molar-refractivity contribution in [2.24, 2.45) is 5.92 Å². The summed E-state index contributed by atoms with van der Waals surface area (Å²) in [5.74, 6) is -0.373. The van der Waals surface area contributed by atoms with Gasteiger partial charge in [0, 0.05) is 6.54 Å². The fourth-order valence-electron chi connectivity index (χ4n) is 3.57. The summed E-state index contributed by atoms with van der Waals surface area (Å²) in [6.07, 6.45) is 3.21. The molecule has 0 aliphatic carbocycles. The van der Waals surface area contributed by atoms with Crippen LogP contribution >= 0.6 is 0 Å². The van der Waals surface area contributed by atoms with E-state index >= 15 is 0 Å². The van der Waals surface area contributed by atoms with Gasteiger partial charge in [-0.3, -0.25) is 9.59 Å². The Morgan fingerprint density at radius 3 is 2.54 bits per heavy atom. The topological polar surface area (TPSA) is 109 Å². The number of amides is 2. The minimum Gasteiger partial charge on any atom is -0.508 e. The Balaban J connectivity index is 1.82. The monoisotopic (exact) mass is 382 g/mol. The number of nitrogen functional groups attached to an aromatic ring is 1. The second kappa shape index (κ2) is 7.88. The summed E-state index contributed by atoms with van der Waals surface area (Å²) in [5.41, 5.74) is 8.75. The quantitative estimate of drug-likeness (QED) is 0.692. The number of nitrogens with two attached hydrogens (primary N) is 1. The van der Waals surface area contributed by atoms with Crippen LogP contribution in [-0.4, -0.2) is 33.3 Å². The number of phenolic OH excluding ortho intramolecular Hbond substituents is 1. The molecule has 0 bridgehead atoms. The molecule has 1 fully saturated rings. The molecule has 4 N–H and O–H groups in total. The molecule has 2 atom stereocenters. The highest BCUT2D eigenvalue weighted by Gasteiger charge is 2.34. The number of nitrogens with zero attached hydrogens (tertiary/aromatic N) is 2. The van der Waals surface area contributed by atoms with Gasteiger partial charge in [0.05, 0.1) is 17.9 Å². The van der Waals surface area contributed by atoms with Crippen molar-refractivity contribution in [3.63, 3.8) is 0 Å². The van der Waals surface area contributed by atoms with Crippen LogP contribution < -0.4 is 11.1 Å². The van der Waals surface area contributed by atoms with E-state index in [0.717, 1.165) is 29.5 Å². The van der Waals surface area contributed by atoms with Gasteiger partial charge in [-0.25, -0.2) is 4.98 Å². The van der Waals surface area contributed by atoms with E-state index in [0.29, 0.717) is 24.0 Å². The van der Waals surface area contributed by atoms with Gasteiger partial charge in [-0.1, -0.05) is 19.1 Å². The molecule has 1 aromatic heterocycles. The van der Waals surface area contributed by atoms with E-state index in [1.54, 1.807) is 29.2 Å². The van der Waals surface area contributed by atoms with Gasteiger partial charge >= 0.3 is 11.8 Å². The van der Waals surface area contributed by atoms with Crippen LogP contribution in [0.15, 0.2) is 30.5 Å². The summed E-state index contributed by atoms with van der Waals surface area (Å²) in [6, 6.07) is 6.60. The summed E-state index contributed by atoms with van der Waals surface area (Å²) in [6.45, 7) is 6.23. The van der Waals surface area contributed by atoms with Crippen molar-refractivity contribution in [3.05, 3.63) is 47.2 Å². The molecule has 7 heteroatoms. The first-order valence-corrected chi connectivity index (χ1v) is 9.40. The molecule has 7 nitrogen and oxygen atoms in total. The number of hydrogen-bond acceptors (Lipinski definition) is 5. The molecule has 2 amide bonds. The number of likely N-dealkylation sites (tertiary alicyclic amines) is 1. The van der Waals surface area contributed by atoms with Gasteiger partial charge in [-0.2, -0.15) is 0 Å². The molecule has 148 valence electrons. The van der Waals surface area contributed by atoms with E-state index in [1.807, 2.05) is 13.8 Å². The molecular weight excluding hydrogens is 356 g/mol. The highest BCUT2D eigenvalue weighted by Crippen LogP contribution is 2.34. The molecule has 0 radical (unpaired) electrons. The maximum atomic E-state index is 13.0. The number of anilines is 2. The summed E-state index contributed by atoms with van der Waals surface area (Å²) in [4.78, 5) is 31.4. The number of nitrogens with one attached hydrogen (secondary N) is 1. The summed E-state index contributed by atoms with van der Waals surface area (Å²) in [7, 11) is 0. The van der Waals surface area contributed by atoms with Gasteiger partial charge in [0.2, 0.25) is 0 Å². The van der Waals surface area contributed by atoms with Crippen LogP contribution in [0.5, 0.6) is 5.75 Å². The normalized spacial score (nSPS) is 19.3. The number of carbonyl (C=O) groups is 2. The van der Waals surface area contributed by atoms with Gasteiger partial charge in [0.15, 0.2) is 0 Å². The Kier molecular flexibility index (Phi) is 5.53. The van der Waals surface area contributed by atoms with E-state index < -0.39 is 11.8 Å². The average Bonchev–Trinajstić information content (AvgIpc) is 2.68. The minimum atomic E-state index is -0.688. The van der Waals surface area contributed by atoms with Crippen molar-refractivity contribution in [1.82, 2.24) is 9.88 Å². The van der Waals surface area contributed by atoms with Crippen molar-refractivity contribution in [2.45, 2.75) is 39.7 Å². The zero-order valence-corrected chi connectivity index (χ0v) is 16.4. The van der Waals surface area contributed by atoms with Crippen molar-refractivity contribution >= 4 is 23.3 Å². The Morgan fingerprint density at radius 2 is 1.86 bits per heavy atom. The third kappa shape index (κ3) is 3.93. The fraction of sp³-hybridized carbons (Fsp3) is 0.381. The highest BCUT2D eigenvalue weighted by atomic mass is 16.3. The number of hydrogen-bond donors (Lipinski definition) is 3. The lowest BCUT2D eigenvalue weighted by Gasteiger charge is -2.38. The first kappa shape index (κ1) is 19.7. The third-order valence-corrected chi connectivity index (χ3v) is 5.48. The largest absolute Gasteiger partial charge is 0.508 e. The number of pyridine rings is 1. The Hall–Kier alpha value is -3.09. The maximum Gasteiger partial charge on any atom is 0.313 e. The molecule has 0 saturated carbocycles. The Bertz CT molecular complexity index is 895. The number of benzene rings is 1. The smallest absolute Gasteiger partial charge is 0.313 e. The number of aromatic hydroxyl groups is 1. The van der Waals surface area contributed by atoms with E-state index in [1.165, 1.54) is 6.20 Å². The van der Waals surface area contributed by atoms with Crippen LogP contribution in [0.3, 0.4) is 0 Å². The molecular formula is C21H26N4O3. The van der Waals surface area contributed by atoms with Gasteiger partial charge < -0.3 is 21.1 Å². The SMILES string of the molecule is Cc1c(NC(=O)C(=O)N2C[C@@H](C)CCC2c2ccc(O)cc2)cnc(N)c1C. The standard InChI is InChI=1S/C21H26N4O3/c1-12-4-9-18(15-5-7-16(26)8-6-15)25(11-12)21(28)20(27)24-17-10-23-19(22)14(3)13(17)2/h5-8,10,12,18,26H,4,9,11H2,1-3H3,(H2,22,23)(H,24,27)/t12-,18?/m0/s1. The lowest BCUT2D eigenvalue weighted by molar-refractivity contribution is -0.146. The van der Waals surface area contributed by atoms with Crippen LogP contribution in [-0.2, 0) is 9.59 Å². The highest BCUT2D eigenvalue weighted by molar-refractivity contribution is 6.39. The van der Waals surface area contributed by atoms with E-state index in [2.05, 4.69) is 17.2 Å². The molecule has 1 aliphatic heterocycles. The van der Waals surface area contributed by atoms with Crippen LogP contribution in [0.25, 0.3) is 0 Å². The summed E-state index contributed by atoms with van der Waals surface area (Å²) in [5, 5.41) is 12.2. The Labute approximate surface area is 164 Å². The number of piperidine rings is 1. The average molecular weight is 382 g/mol. The number of aromatic nitrogens is 1. The third-order valence-electron chi connectivity index (χ3n) is 5.48. The molecule has 28 heavy (non-hydrogen) atoms. The predicted molar refractivity (Wildman–Crippen MR) is 108 cm³/mol. The predicted octanol–water partition coefficient (Wildman–Crippen LogP) is 2.92. The zero-order chi connectivity index (χ0) is 20.4. The molecule has 3 rings (SSSR count). The number of rotatable bonds is 2. The lowest BCUT2D eigenvalue weighted by atomic mass is 9.89. The molecule has 1 aliphatic rings. The van der Waals surface area contributed by atoms with Crippen LogP contribution in [0.1, 0.15) is 42.5 Å². The van der Waals surface area contributed by atoms with Crippen molar-refractivity contribution in [3.8, 4) is 5.75 Å². The molecule has 1 saturated heterocycles.